The highest BCUT2D eigenvalue weighted by molar-refractivity contribution is 5.75. The van der Waals surface area contributed by atoms with Crippen LogP contribution in [0.4, 0.5) is 0 Å². The van der Waals surface area contributed by atoms with Crippen molar-refractivity contribution in [1.82, 2.24) is 42.1 Å². The number of benzene rings is 1. The average Bonchev–Trinajstić information content (AvgIpc) is 3.13. The molecule has 1 rings (SSSR count). The lowest BCUT2D eigenvalue weighted by atomic mass is 10.2. The molecule has 25 nitrogen and oxygen atoms in total. The molecule has 0 unspecified atom stereocenters. The summed E-state index contributed by atoms with van der Waals surface area (Å²) in [7, 11) is 0. The van der Waals surface area contributed by atoms with Crippen molar-refractivity contribution in [2.45, 2.75) is 65.3 Å². The van der Waals surface area contributed by atoms with Crippen LogP contribution in [0.2, 0.25) is 0 Å². The Kier molecular flexibility index (Phi) is 44.8. The molecule has 0 radical (unpaired) electrons. The molecule has 0 atom stereocenters. The van der Waals surface area contributed by atoms with Crippen LogP contribution >= 0.6 is 0 Å². The molecular formula is C35H71N15O10. The summed E-state index contributed by atoms with van der Waals surface area (Å²) in [5.74, 6) is -4.94. The number of hydrazine groups is 2. The lowest BCUT2D eigenvalue weighted by Crippen LogP contribution is -2.48. The third-order valence-corrected chi connectivity index (χ3v) is 6.35. The van der Waals surface area contributed by atoms with E-state index < -0.39 is 29.8 Å². The third-order valence-electron chi connectivity index (χ3n) is 6.35. The Labute approximate surface area is 351 Å². The first-order valence-corrected chi connectivity index (χ1v) is 19.0. The molecule has 0 aliphatic carbocycles. The molecule has 1 aromatic rings. The molecule has 0 fully saturated rings. The van der Waals surface area contributed by atoms with Crippen molar-refractivity contribution in [3.8, 4) is 0 Å². The first-order chi connectivity index (χ1) is 28.3. The van der Waals surface area contributed by atoms with Crippen molar-refractivity contribution >= 4 is 47.7 Å². The van der Waals surface area contributed by atoms with Gasteiger partial charge in [0.05, 0.1) is 19.6 Å². The Balaban J connectivity index is -0.000000327. The molecule has 0 heterocycles. The molecule has 22 N–H and O–H groups in total. The van der Waals surface area contributed by atoms with Gasteiger partial charge in [0.15, 0.2) is 5.96 Å². The van der Waals surface area contributed by atoms with E-state index >= 15 is 0 Å². The molecular weight excluding hydrogens is 790 g/mol. The first-order valence-electron chi connectivity index (χ1n) is 19.0. The van der Waals surface area contributed by atoms with E-state index in [9.17, 15) is 24.0 Å². The maximum atomic E-state index is 10.3. The second-order valence-electron chi connectivity index (χ2n) is 12.2. The van der Waals surface area contributed by atoms with Gasteiger partial charge in [-0.25, -0.2) is 10.0 Å². The van der Waals surface area contributed by atoms with Crippen LogP contribution in [0.5, 0.6) is 0 Å². The Morgan fingerprint density at radius 2 is 0.983 bits per heavy atom. The zero-order chi connectivity index (χ0) is 46.6. The molecule has 346 valence electrons. The maximum Gasteiger partial charge on any atom is 0.319 e. The summed E-state index contributed by atoms with van der Waals surface area (Å²) in [4.78, 5) is 50.7. The van der Waals surface area contributed by atoms with E-state index in [2.05, 4.69) is 32.1 Å². The molecule has 0 saturated heterocycles. The van der Waals surface area contributed by atoms with Gasteiger partial charge in [0.2, 0.25) is 11.9 Å². The molecule has 0 saturated carbocycles. The van der Waals surface area contributed by atoms with Gasteiger partial charge in [-0.3, -0.25) is 51.1 Å². The largest absolute Gasteiger partial charge is 0.480 e. The van der Waals surface area contributed by atoms with Gasteiger partial charge in [-0.2, -0.15) is 0 Å². The number of rotatable bonds is 28. The fourth-order valence-corrected chi connectivity index (χ4v) is 4.04. The van der Waals surface area contributed by atoms with Crippen LogP contribution in [-0.4, -0.2) is 155 Å². The summed E-state index contributed by atoms with van der Waals surface area (Å²) >= 11 is 0. The van der Waals surface area contributed by atoms with Gasteiger partial charge >= 0.3 is 29.8 Å². The van der Waals surface area contributed by atoms with E-state index in [4.69, 9.17) is 64.7 Å². The number of carbonyl (C=O) groups is 5. The predicted molar refractivity (Wildman–Crippen MR) is 228 cm³/mol. The van der Waals surface area contributed by atoms with Gasteiger partial charge in [-0.05, 0) is 57.3 Å². The standard InChI is InChI=1S/C9H11NO2.C8H18N2O2.3C6H14N4O2/c11-9(12)7-10-6-8-4-2-1-3-5-8;9-5-3-1-2-4-6-10-7-8(11)12;2*1-2-3-10(4-5(11)12)9-6(7)8;7-6(8)10-3-1-2-9-4-5(11)12/h1-5,10H,6-7H2,(H,11,12);10H,1-7,9H2,(H,11,12);2*2-4H2,1H3,(H,11,12)(H4,7,8,9);9H,1-4H2,(H,11,12)(H4,7,8,10). The number of nitrogens with two attached hydrogens (primary N) is 4. The Morgan fingerprint density at radius 3 is 1.35 bits per heavy atom. The number of carboxylic acids is 5. The van der Waals surface area contributed by atoms with Crippen LogP contribution in [-0.2, 0) is 30.5 Å². The van der Waals surface area contributed by atoms with Crippen molar-refractivity contribution < 1.29 is 49.5 Å². The zero-order valence-corrected chi connectivity index (χ0v) is 34.8. The highest BCUT2D eigenvalue weighted by Gasteiger charge is 2.09. The van der Waals surface area contributed by atoms with Crippen molar-refractivity contribution in [2.24, 2.45) is 22.9 Å². The van der Waals surface area contributed by atoms with Crippen LogP contribution in [0, 0.1) is 16.2 Å². The fourth-order valence-electron chi connectivity index (χ4n) is 4.04. The maximum absolute atomic E-state index is 10.3. The van der Waals surface area contributed by atoms with Crippen molar-refractivity contribution in [2.75, 3.05) is 72.0 Å². The number of guanidine groups is 3. The third kappa shape index (κ3) is 58.8. The van der Waals surface area contributed by atoms with Crippen molar-refractivity contribution in [3.63, 3.8) is 0 Å². The second-order valence-corrected chi connectivity index (χ2v) is 12.2. The minimum absolute atomic E-state index is 0.00882. The molecule has 0 aromatic heterocycles. The summed E-state index contributed by atoms with van der Waals surface area (Å²) < 4.78 is 0. The lowest BCUT2D eigenvalue weighted by Gasteiger charge is -2.19. The molecule has 0 bridgehead atoms. The molecule has 25 heteroatoms. The number of nitrogens with zero attached hydrogens (tertiary/aromatic N) is 2. The minimum atomic E-state index is -0.947. The average molecular weight is 862 g/mol. The molecule has 0 amide bonds. The molecule has 1 aromatic carbocycles. The van der Waals surface area contributed by atoms with Gasteiger partial charge in [-0.1, -0.05) is 57.0 Å². The monoisotopic (exact) mass is 862 g/mol. The van der Waals surface area contributed by atoms with Crippen LogP contribution in [0.15, 0.2) is 30.3 Å². The van der Waals surface area contributed by atoms with E-state index in [1.165, 1.54) is 10.0 Å². The molecule has 0 spiro atoms. The quantitative estimate of drug-likeness (QED) is 0.0186. The van der Waals surface area contributed by atoms with Crippen molar-refractivity contribution in [1.29, 1.82) is 16.2 Å². The Morgan fingerprint density at radius 1 is 0.567 bits per heavy atom. The Bertz CT molecular complexity index is 1230. The minimum Gasteiger partial charge on any atom is -0.480 e. The topological polar surface area (TPSA) is 441 Å². The highest BCUT2D eigenvalue weighted by Crippen LogP contribution is 1.97. The molecule has 0 aliphatic rings. The van der Waals surface area contributed by atoms with E-state index in [1.54, 1.807) is 0 Å². The van der Waals surface area contributed by atoms with Crippen LogP contribution in [0.25, 0.3) is 0 Å². The lowest BCUT2D eigenvalue weighted by molar-refractivity contribution is -0.139. The summed E-state index contributed by atoms with van der Waals surface area (Å²) in [6, 6.07) is 9.69. The van der Waals surface area contributed by atoms with Crippen LogP contribution in [0.1, 0.15) is 64.4 Å². The fraction of sp³-hybridized carbons (Fsp3) is 0.600. The first kappa shape index (κ1) is 60.8. The van der Waals surface area contributed by atoms with Gasteiger partial charge in [0.25, 0.3) is 0 Å². The number of aliphatic carboxylic acids is 5. The summed E-state index contributed by atoms with van der Waals surface area (Å²) in [5, 5.41) is 76.0. The van der Waals surface area contributed by atoms with E-state index in [0.717, 1.165) is 63.6 Å². The number of unbranched alkanes of at least 4 members (excludes halogenated alkanes) is 3. The number of hydrogen-bond donors (Lipinski definition) is 18. The number of carboxylic acid groups (broad SMARTS) is 5. The summed E-state index contributed by atoms with van der Waals surface area (Å²) in [6.45, 7) is 7.99. The summed E-state index contributed by atoms with van der Waals surface area (Å²) in [6.07, 6.45) is 6.72. The van der Waals surface area contributed by atoms with Gasteiger partial charge in [-0.15, -0.1) is 0 Å². The summed E-state index contributed by atoms with van der Waals surface area (Å²) in [5.41, 5.74) is 26.4. The predicted octanol–water partition coefficient (Wildman–Crippen LogP) is -2.06. The normalized spacial score (nSPS) is 9.75. The highest BCUT2D eigenvalue weighted by atomic mass is 16.4. The van der Waals surface area contributed by atoms with Gasteiger partial charge in [0, 0.05) is 26.2 Å². The van der Waals surface area contributed by atoms with Gasteiger partial charge < -0.3 is 69.7 Å². The number of nitrogens with one attached hydrogen (secondary N) is 9. The zero-order valence-electron chi connectivity index (χ0n) is 34.8. The van der Waals surface area contributed by atoms with Crippen LogP contribution in [0.3, 0.4) is 0 Å². The van der Waals surface area contributed by atoms with E-state index in [-0.39, 0.29) is 50.6 Å². The van der Waals surface area contributed by atoms with E-state index in [0.29, 0.717) is 32.7 Å². The molecule has 60 heavy (non-hydrogen) atoms. The Hall–Kier alpha value is -5.86. The second kappa shape index (κ2) is 44.2. The number of hydrogen-bond acceptors (Lipinski definition) is 14. The molecule has 0 aliphatic heterocycles. The van der Waals surface area contributed by atoms with Crippen LogP contribution < -0.4 is 55.1 Å². The van der Waals surface area contributed by atoms with Gasteiger partial charge in [0.1, 0.15) is 13.1 Å². The smallest absolute Gasteiger partial charge is 0.319 e. The van der Waals surface area contributed by atoms with E-state index in [1.807, 2.05) is 44.2 Å². The SMILES string of the molecule is CCCN(CC(=O)O)NC(=N)N.CCCN(CC(=O)O)NC(=N)N.N=C(N)NCCCNCC(=O)O.NCCCCCCNCC(=O)O.O=C(O)CNCc1ccccc1. The van der Waals surface area contributed by atoms with Crippen molar-refractivity contribution in [3.05, 3.63) is 35.9 Å².